The normalized spacial score (nSPS) is 19.6. The molecule has 38 heavy (non-hydrogen) atoms. The van der Waals surface area contributed by atoms with Crippen molar-refractivity contribution in [2.75, 3.05) is 27.8 Å². The molecule has 216 valence electrons. The van der Waals surface area contributed by atoms with Crippen molar-refractivity contribution >= 4 is 29.1 Å². The molecular weight excluding hydrogens is 504 g/mol. The van der Waals surface area contributed by atoms with E-state index in [9.17, 15) is 14.4 Å². The molecule has 1 saturated heterocycles. The molecule has 6 unspecified atom stereocenters. The molecule has 1 aromatic rings. The fourth-order valence-corrected chi connectivity index (χ4v) is 6.04. The average molecular weight is 553 g/mol. The van der Waals surface area contributed by atoms with Gasteiger partial charge in [0.1, 0.15) is 5.01 Å². The van der Waals surface area contributed by atoms with E-state index in [4.69, 9.17) is 9.47 Å². The first-order valence-electron chi connectivity index (χ1n) is 13.8. The Morgan fingerprint density at radius 2 is 1.89 bits per heavy atom. The third-order valence-corrected chi connectivity index (χ3v) is 8.56. The quantitative estimate of drug-likeness (QED) is 0.356. The minimum atomic E-state index is -0.441. The van der Waals surface area contributed by atoms with Gasteiger partial charge in [-0.3, -0.25) is 14.4 Å². The minimum Gasteiger partial charge on any atom is -0.379 e. The van der Waals surface area contributed by atoms with Crippen LogP contribution in [-0.2, 0) is 30.4 Å². The summed E-state index contributed by atoms with van der Waals surface area (Å²) in [5.74, 6) is -0.114. The van der Waals surface area contributed by atoms with Crippen molar-refractivity contribution in [3.05, 3.63) is 16.6 Å². The molecule has 1 N–H and O–H groups in total. The van der Waals surface area contributed by atoms with E-state index in [0.717, 1.165) is 24.3 Å². The van der Waals surface area contributed by atoms with E-state index in [-0.39, 0.29) is 48.1 Å². The van der Waals surface area contributed by atoms with Crippen LogP contribution in [0.15, 0.2) is 11.6 Å². The second kappa shape index (κ2) is 15.5. The van der Waals surface area contributed by atoms with Gasteiger partial charge in [0.15, 0.2) is 0 Å². The zero-order valence-electron chi connectivity index (χ0n) is 24.4. The largest absolute Gasteiger partial charge is 0.379 e. The number of carbonyl (C=O) groups excluding carboxylic acids is 3. The molecule has 0 saturated carbocycles. The highest BCUT2D eigenvalue weighted by atomic mass is 32.1. The average Bonchev–Trinajstić information content (AvgIpc) is 3.59. The van der Waals surface area contributed by atoms with Crippen LogP contribution in [-0.4, -0.2) is 84.6 Å². The van der Waals surface area contributed by atoms with Crippen molar-refractivity contribution in [3.8, 4) is 0 Å². The van der Waals surface area contributed by atoms with Crippen LogP contribution in [0.25, 0.3) is 0 Å². The Balaban J connectivity index is 2.13. The first-order valence-corrected chi connectivity index (χ1v) is 14.7. The van der Waals surface area contributed by atoms with Crippen molar-refractivity contribution in [2.24, 2.45) is 17.8 Å². The maximum absolute atomic E-state index is 13.7. The number of hydrogen-bond donors (Lipinski definition) is 1. The molecule has 0 aliphatic carbocycles. The second-order valence-corrected chi connectivity index (χ2v) is 11.9. The van der Waals surface area contributed by atoms with Crippen LogP contribution < -0.4 is 5.32 Å². The maximum Gasteiger partial charge on any atom is 0.225 e. The molecule has 2 rings (SSSR count). The van der Waals surface area contributed by atoms with Gasteiger partial charge in [-0.1, -0.05) is 41.0 Å². The molecule has 1 fully saturated rings. The molecular formula is C28H48N4O5S. The van der Waals surface area contributed by atoms with Crippen LogP contribution >= 0.6 is 11.3 Å². The number of carbonyl (C=O) groups is 3. The number of amides is 3. The van der Waals surface area contributed by atoms with Crippen molar-refractivity contribution in [1.29, 1.82) is 0 Å². The highest BCUT2D eigenvalue weighted by Crippen LogP contribution is 2.29. The molecule has 0 spiro atoms. The number of likely N-dealkylation sites (tertiary alicyclic amines) is 1. The summed E-state index contributed by atoms with van der Waals surface area (Å²) >= 11 is 1.49. The number of likely N-dealkylation sites (N-methyl/N-ethyl adjacent to an activating group) is 1. The SMILES string of the molecule is CCC(C)C(C(CC(=O)N1CCCC1C(OC)C(C)C(=O)NCc1nccs1)OC)N(C)C(=O)CC(C)C. The highest BCUT2D eigenvalue weighted by molar-refractivity contribution is 7.09. The van der Waals surface area contributed by atoms with Gasteiger partial charge >= 0.3 is 0 Å². The van der Waals surface area contributed by atoms with Crippen molar-refractivity contribution < 1.29 is 23.9 Å². The summed E-state index contributed by atoms with van der Waals surface area (Å²) in [7, 11) is 5.04. The van der Waals surface area contributed by atoms with Gasteiger partial charge in [0.05, 0.1) is 43.2 Å². The van der Waals surface area contributed by atoms with E-state index in [2.05, 4.69) is 24.1 Å². The van der Waals surface area contributed by atoms with Gasteiger partial charge in [-0.05, 0) is 24.7 Å². The molecule has 6 atom stereocenters. The molecule has 3 amide bonds. The van der Waals surface area contributed by atoms with Crippen molar-refractivity contribution in [2.45, 2.75) is 97.6 Å². The first kappa shape index (κ1) is 32.2. The number of aromatic nitrogens is 1. The lowest BCUT2D eigenvalue weighted by Crippen LogP contribution is -2.53. The van der Waals surface area contributed by atoms with Crippen LogP contribution in [0.2, 0.25) is 0 Å². The Hall–Kier alpha value is -2.04. The predicted octanol–water partition coefficient (Wildman–Crippen LogP) is 3.73. The van der Waals surface area contributed by atoms with Gasteiger partial charge in [0.2, 0.25) is 17.7 Å². The number of hydrogen-bond acceptors (Lipinski definition) is 7. The van der Waals surface area contributed by atoms with Crippen LogP contribution in [0, 0.1) is 17.8 Å². The first-order chi connectivity index (χ1) is 18.0. The Bertz CT molecular complexity index is 881. The lowest BCUT2D eigenvalue weighted by molar-refractivity contribution is -0.146. The van der Waals surface area contributed by atoms with Gasteiger partial charge in [-0.15, -0.1) is 11.3 Å². The van der Waals surface area contributed by atoms with Gasteiger partial charge in [-0.25, -0.2) is 4.98 Å². The van der Waals surface area contributed by atoms with Crippen molar-refractivity contribution in [1.82, 2.24) is 20.1 Å². The third-order valence-electron chi connectivity index (χ3n) is 7.78. The predicted molar refractivity (Wildman–Crippen MR) is 150 cm³/mol. The Kier molecular flexibility index (Phi) is 13.1. The fraction of sp³-hybridized carbons (Fsp3) is 0.786. The number of thiazole rings is 1. The number of ether oxygens (including phenoxy) is 2. The molecule has 1 aliphatic heterocycles. The van der Waals surface area contributed by atoms with Gasteiger partial charge in [0.25, 0.3) is 0 Å². The summed E-state index contributed by atoms with van der Waals surface area (Å²) < 4.78 is 11.7. The number of nitrogens with one attached hydrogen (secondary N) is 1. The molecule has 2 heterocycles. The molecule has 1 aliphatic rings. The summed E-state index contributed by atoms with van der Waals surface area (Å²) in [5, 5.41) is 5.67. The Morgan fingerprint density at radius 3 is 2.45 bits per heavy atom. The minimum absolute atomic E-state index is 0.0326. The monoisotopic (exact) mass is 552 g/mol. The summed E-state index contributed by atoms with van der Waals surface area (Å²) in [6.45, 7) is 11.1. The van der Waals surface area contributed by atoms with Gasteiger partial charge in [0, 0.05) is 45.8 Å². The van der Waals surface area contributed by atoms with Crippen LogP contribution in [0.4, 0.5) is 0 Å². The molecule has 9 nitrogen and oxygen atoms in total. The molecule has 0 aromatic carbocycles. The number of methoxy groups -OCH3 is 2. The van der Waals surface area contributed by atoms with E-state index < -0.39 is 18.1 Å². The topological polar surface area (TPSA) is 101 Å². The molecule has 0 radical (unpaired) electrons. The molecule has 1 aromatic heterocycles. The zero-order chi connectivity index (χ0) is 28.4. The number of rotatable bonds is 15. The van der Waals surface area contributed by atoms with Crippen LogP contribution in [0.5, 0.6) is 0 Å². The summed E-state index contributed by atoms with van der Waals surface area (Å²) in [6, 6.07) is -0.414. The van der Waals surface area contributed by atoms with E-state index >= 15 is 0 Å². The third kappa shape index (κ3) is 8.48. The standard InChI is InChI=1S/C28H48N4O5S/c1-9-19(4)26(31(6)24(33)15-18(2)3)22(36-7)16-25(34)32-13-10-11-21(32)27(37-8)20(5)28(35)30-17-23-29-12-14-38-23/h12,14,18-22,26-27H,9-11,13,15-17H2,1-8H3,(H,30,35). The van der Waals surface area contributed by atoms with Crippen LogP contribution in [0.3, 0.4) is 0 Å². The summed E-state index contributed by atoms with van der Waals surface area (Å²) in [5.41, 5.74) is 0. The second-order valence-electron chi connectivity index (χ2n) is 10.9. The van der Waals surface area contributed by atoms with E-state index in [0.29, 0.717) is 19.5 Å². The zero-order valence-corrected chi connectivity index (χ0v) is 25.3. The van der Waals surface area contributed by atoms with Gasteiger partial charge < -0.3 is 24.6 Å². The summed E-state index contributed by atoms with van der Waals surface area (Å²) in [4.78, 5) is 47.4. The molecule has 10 heteroatoms. The Morgan fingerprint density at radius 1 is 1.18 bits per heavy atom. The van der Waals surface area contributed by atoms with Gasteiger partial charge in [-0.2, -0.15) is 0 Å². The van der Waals surface area contributed by atoms with Crippen molar-refractivity contribution in [3.63, 3.8) is 0 Å². The highest BCUT2D eigenvalue weighted by Gasteiger charge is 2.41. The van der Waals surface area contributed by atoms with E-state index in [1.54, 1.807) is 25.3 Å². The number of nitrogens with zero attached hydrogens (tertiary/aromatic N) is 3. The summed E-state index contributed by atoms with van der Waals surface area (Å²) in [6.07, 6.45) is 3.97. The van der Waals surface area contributed by atoms with Crippen LogP contribution in [0.1, 0.15) is 71.7 Å². The lowest BCUT2D eigenvalue weighted by atomic mass is 9.90. The van der Waals surface area contributed by atoms with E-state index in [1.807, 2.05) is 38.1 Å². The maximum atomic E-state index is 13.7. The Labute approximate surface area is 232 Å². The molecule has 0 bridgehead atoms. The van der Waals surface area contributed by atoms with E-state index in [1.165, 1.54) is 11.3 Å². The fourth-order valence-electron chi connectivity index (χ4n) is 5.48. The lowest BCUT2D eigenvalue weighted by Gasteiger charge is -2.39. The smallest absolute Gasteiger partial charge is 0.225 e.